The Hall–Kier alpha value is -2.81. The molecule has 0 spiro atoms. The lowest BCUT2D eigenvalue weighted by Crippen LogP contribution is -2.35. The molecule has 1 saturated carbocycles. The maximum Gasteiger partial charge on any atom is 0.269 e. The number of sulfonamides is 1. The molecular weight excluding hydrogens is 396 g/mol. The Morgan fingerprint density at radius 2 is 1.72 bits per heavy atom. The number of rotatable bonds is 6. The predicted octanol–water partition coefficient (Wildman–Crippen LogP) is 2.48. The van der Waals surface area contributed by atoms with E-state index in [2.05, 4.69) is 4.57 Å². The number of hydrogen-bond donors (Lipinski definition) is 0. The van der Waals surface area contributed by atoms with Crippen molar-refractivity contribution in [3.05, 3.63) is 40.7 Å². The molecule has 9 heteroatoms. The molecule has 1 amide bonds. The summed E-state index contributed by atoms with van der Waals surface area (Å²) in [4.78, 5) is 25.6. The van der Waals surface area contributed by atoms with Crippen molar-refractivity contribution >= 4 is 21.7 Å². The molecule has 0 unspecified atom stereocenters. The number of ketones is 1. The molecule has 0 saturated heterocycles. The van der Waals surface area contributed by atoms with Crippen LogP contribution in [0.5, 0.6) is 11.5 Å². The first kappa shape index (κ1) is 19.5. The van der Waals surface area contributed by atoms with Crippen molar-refractivity contribution in [1.29, 1.82) is 0 Å². The number of ether oxygens (including phenoxy) is 2. The molecule has 29 heavy (non-hydrogen) atoms. The summed E-state index contributed by atoms with van der Waals surface area (Å²) in [5, 5.41) is 0. The smallest absolute Gasteiger partial charge is 0.269 e. The standard InChI is InChI=1S/C20H22N2O6S/c1-11-7-14(12(2)22(11)13-5-6-13)16(23)10-21-20(24)15-8-17(27-3)18(28-4)9-19(15)29(21,25)26/h7-9,13H,5-6,10H2,1-4H3. The van der Waals surface area contributed by atoms with E-state index in [1.54, 1.807) is 6.07 Å². The summed E-state index contributed by atoms with van der Waals surface area (Å²) >= 11 is 0. The van der Waals surface area contributed by atoms with Crippen LogP contribution >= 0.6 is 0 Å². The monoisotopic (exact) mass is 418 g/mol. The molecule has 4 rings (SSSR count). The van der Waals surface area contributed by atoms with E-state index in [-0.39, 0.29) is 22.0 Å². The van der Waals surface area contributed by atoms with Crippen molar-refractivity contribution in [2.24, 2.45) is 0 Å². The van der Waals surface area contributed by atoms with Gasteiger partial charge in [0.05, 0.1) is 19.8 Å². The Morgan fingerprint density at radius 1 is 1.10 bits per heavy atom. The summed E-state index contributed by atoms with van der Waals surface area (Å²) in [5.41, 5.74) is 2.18. The molecule has 0 bridgehead atoms. The van der Waals surface area contributed by atoms with Gasteiger partial charge in [-0.1, -0.05) is 0 Å². The van der Waals surface area contributed by atoms with Crippen molar-refractivity contribution in [1.82, 2.24) is 8.87 Å². The summed E-state index contributed by atoms with van der Waals surface area (Å²) in [5.74, 6) is -0.710. The van der Waals surface area contributed by atoms with Crippen LogP contribution < -0.4 is 9.47 Å². The van der Waals surface area contributed by atoms with Gasteiger partial charge in [-0.25, -0.2) is 12.7 Å². The van der Waals surface area contributed by atoms with E-state index in [4.69, 9.17) is 9.47 Å². The zero-order valence-electron chi connectivity index (χ0n) is 16.7. The molecule has 2 heterocycles. The number of Topliss-reactive ketones (excluding diaryl/α,β-unsaturated/α-hetero) is 1. The van der Waals surface area contributed by atoms with Gasteiger partial charge < -0.3 is 14.0 Å². The molecule has 1 aromatic carbocycles. The molecule has 8 nitrogen and oxygen atoms in total. The third-order valence-electron chi connectivity index (χ3n) is 5.49. The number of carbonyl (C=O) groups excluding carboxylic acids is 2. The molecular formula is C20H22N2O6S. The summed E-state index contributed by atoms with van der Waals surface area (Å²) < 4.78 is 39.0. The average molecular weight is 418 g/mol. The van der Waals surface area contributed by atoms with Crippen LogP contribution in [-0.2, 0) is 10.0 Å². The lowest BCUT2D eigenvalue weighted by atomic mass is 10.1. The Labute approximate surface area is 169 Å². The number of methoxy groups -OCH3 is 2. The Morgan fingerprint density at radius 3 is 2.31 bits per heavy atom. The molecule has 154 valence electrons. The van der Waals surface area contributed by atoms with Crippen LogP contribution in [0.2, 0.25) is 0 Å². The molecule has 2 aromatic rings. The van der Waals surface area contributed by atoms with Crippen LogP contribution in [-0.4, -0.2) is 49.7 Å². The number of aryl methyl sites for hydroxylation is 1. The topological polar surface area (TPSA) is 94.9 Å². The summed E-state index contributed by atoms with van der Waals surface area (Å²) in [6.45, 7) is 3.23. The molecule has 1 aromatic heterocycles. The molecule has 2 aliphatic rings. The Balaban J connectivity index is 1.68. The number of carbonyl (C=O) groups is 2. The van der Waals surface area contributed by atoms with E-state index in [9.17, 15) is 18.0 Å². The van der Waals surface area contributed by atoms with Crippen molar-refractivity contribution in [2.75, 3.05) is 20.8 Å². The lowest BCUT2D eigenvalue weighted by Gasteiger charge is -2.14. The van der Waals surface area contributed by atoms with Crippen LogP contribution in [0.4, 0.5) is 0 Å². The minimum absolute atomic E-state index is 0.0288. The minimum Gasteiger partial charge on any atom is -0.493 e. The van der Waals surface area contributed by atoms with Crippen LogP contribution in [0.1, 0.15) is 51.0 Å². The first-order valence-corrected chi connectivity index (χ1v) is 10.7. The van der Waals surface area contributed by atoms with E-state index < -0.39 is 28.3 Å². The number of nitrogens with zero attached hydrogens (tertiary/aromatic N) is 2. The van der Waals surface area contributed by atoms with Crippen molar-refractivity contribution < 1.29 is 27.5 Å². The van der Waals surface area contributed by atoms with Gasteiger partial charge in [0, 0.05) is 29.1 Å². The maximum absolute atomic E-state index is 13.0. The maximum atomic E-state index is 13.0. The van der Waals surface area contributed by atoms with Gasteiger partial charge in [0.25, 0.3) is 15.9 Å². The predicted molar refractivity (Wildman–Crippen MR) is 104 cm³/mol. The lowest BCUT2D eigenvalue weighted by molar-refractivity contribution is 0.0820. The van der Waals surface area contributed by atoms with Crippen molar-refractivity contribution in [3.63, 3.8) is 0 Å². The fourth-order valence-electron chi connectivity index (χ4n) is 3.93. The first-order chi connectivity index (χ1) is 13.7. The molecule has 0 atom stereocenters. The second-order valence-corrected chi connectivity index (χ2v) is 9.16. The summed E-state index contributed by atoms with van der Waals surface area (Å²) in [6, 6.07) is 4.75. The van der Waals surface area contributed by atoms with Gasteiger partial charge in [-0.2, -0.15) is 0 Å². The van der Waals surface area contributed by atoms with Gasteiger partial charge in [-0.3, -0.25) is 9.59 Å². The zero-order valence-corrected chi connectivity index (χ0v) is 17.5. The molecule has 1 aliphatic carbocycles. The van der Waals surface area contributed by atoms with Crippen LogP contribution in [0.15, 0.2) is 23.1 Å². The fourth-order valence-corrected chi connectivity index (χ4v) is 5.45. The van der Waals surface area contributed by atoms with E-state index >= 15 is 0 Å². The highest BCUT2D eigenvalue weighted by Crippen LogP contribution is 2.40. The molecule has 0 N–H and O–H groups in total. The second-order valence-electron chi connectivity index (χ2n) is 7.33. The summed E-state index contributed by atoms with van der Waals surface area (Å²) in [7, 11) is -1.38. The Bertz CT molecular complexity index is 1140. The molecule has 1 aliphatic heterocycles. The van der Waals surface area contributed by atoms with E-state index in [0.717, 1.165) is 24.2 Å². The second kappa shape index (κ2) is 6.62. The van der Waals surface area contributed by atoms with E-state index in [1.807, 2.05) is 13.8 Å². The average Bonchev–Trinajstić information content (AvgIpc) is 3.45. The SMILES string of the molecule is COc1cc2c(cc1OC)S(=O)(=O)N(CC(=O)c1cc(C)n(C3CC3)c1C)C2=O. The number of fused-ring (bicyclic) bond motifs is 1. The van der Waals surface area contributed by atoms with Crippen LogP contribution in [0, 0.1) is 13.8 Å². The molecule has 1 fully saturated rings. The van der Waals surface area contributed by atoms with Gasteiger partial charge in [-0.15, -0.1) is 0 Å². The fraction of sp³-hybridized carbons (Fsp3) is 0.400. The van der Waals surface area contributed by atoms with Gasteiger partial charge in [0.2, 0.25) is 0 Å². The van der Waals surface area contributed by atoms with Crippen molar-refractivity contribution in [2.45, 2.75) is 37.6 Å². The highest BCUT2D eigenvalue weighted by molar-refractivity contribution is 7.90. The van der Waals surface area contributed by atoms with E-state index in [0.29, 0.717) is 15.9 Å². The number of benzene rings is 1. The normalized spacial score (nSPS) is 17.4. The van der Waals surface area contributed by atoms with E-state index in [1.165, 1.54) is 26.4 Å². The van der Waals surface area contributed by atoms with Crippen molar-refractivity contribution in [3.8, 4) is 11.5 Å². The Kier molecular flexibility index (Phi) is 4.45. The van der Waals surface area contributed by atoms with Crippen LogP contribution in [0.3, 0.4) is 0 Å². The summed E-state index contributed by atoms with van der Waals surface area (Å²) in [6.07, 6.45) is 2.14. The van der Waals surface area contributed by atoms with Gasteiger partial charge in [0.1, 0.15) is 11.4 Å². The highest BCUT2D eigenvalue weighted by atomic mass is 32.2. The van der Waals surface area contributed by atoms with Gasteiger partial charge in [0.15, 0.2) is 17.3 Å². The third kappa shape index (κ3) is 2.91. The number of aromatic nitrogens is 1. The number of hydrogen-bond acceptors (Lipinski definition) is 6. The molecule has 0 radical (unpaired) electrons. The quantitative estimate of drug-likeness (QED) is 0.669. The third-order valence-corrected chi connectivity index (χ3v) is 7.26. The first-order valence-electron chi connectivity index (χ1n) is 9.25. The highest BCUT2D eigenvalue weighted by Gasteiger charge is 2.43. The van der Waals surface area contributed by atoms with Gasteiger partial charge >= 0.3 is 0 Å². The zero-order chi connectivity index (χ0) is 21.1. The number of amides is 1. The van der Waals surface area contributed by atoms with Crippen LogP contribution in [0.25, 0.3) is 0 Å². The van der Waals surface area contributed by atoms with Gasteiger partial charge in [-0.05, 0) is 38.8 Å². The minimum atomic E-state index is -4.16. The largest absolute Gasteiger partial charge is 0.493 e.